The van der Waals surface area contributed by atoms with Crippen molar-refractivity contribution >= 4 is 21.8 Å². The van der Waals surface area contributed by atoms with E-state index < -0.39 is 38.1 Å². The Balaban J connectivity index is 1.74. The topological polar surface area (TPSA) is 130 Å². The number of ether oxygens (including phenoxy) is 1. The van der Waals surface area contributed by atoms with E-state index in [-0.39, 0.29) is 23.7 Å². The van der Waals surface area contributed by atoms with Gasteiger partial charge in [-0.05, 0) is 39.3 Å². The molecular formula is C18H25N3O7S. The molecule has 2 aliphatic rings. The van der Waals surface area contributed by atoms with Crippen LogP contribution in [0, 0.1) is 15.5 Å². The number of hydrogen-bond donors (Lipinski definition) is 1. The van der Waals surface area contributed by atoms with E-state index in [0.29, 0.717) is 19.5 Å². The summed E-state index contributed by atoms with van der Waals surface area (Å²) in [7, 11) is -3.94. The minimum atomic E-state index is -3.94. The number of nitrogens with zero attached hydrogens (tertiary/aromatic N) is 3. The minimum absolute atomic E-state index is 0.0677. The first-order chi connectivity index (χ1) is 13.4. The van der Waals surface area contributed by atoms with Crippen molar-refractivity contribution in [2.24, 2.45) is 5.41 Å². The summed E-state index contributed by atoms with van der Waals surface area (Å²) in [5.41, 5.74) is -1.25. The quantitative estimate of drug-likeness (QED) is 0.570. The van der Waals surface area contributed by atoms with Crippen LogP contribution in [0.3, 0.4) is 0 Å². The lowest BCUT2D eigenvalue weighted by atomic mass is 9.78. The van der Waals surface area contributed by atoms with Crippen LogP contribution >= 0.6 is 0 Å². The van der Waals surface area contributed by atoms with Crippen LogP contribution in [0.2, 0.25) is 0 Å². The van der Waals surface area contributed by atoms with Crippen LogP contribution < -0.4 is 0 Å². The molecule has 1 atom stereocenters. The van der Waals surface area contributed by atoms with Crippen LogP contribution in [0.1, 0.15) is 27.2 Å². The fourth-order valence-corrected chi connectivity index (χ4v) is 5.61. The van der Waals surface area contributed by atoms with E-state index in [1.807, 2.05) is 0 Å². The maximum absolute atomic E-state index is 13.1. The number of carbonyl (C=O) groups excluding carboxylic acids is 1. The third-order valence-corrected chi connectivity index (χ3v) is 7.05. The summed E-state index contributed by atoms with van der Waals surface area (Å²) in [5.74, 6) is 0. The zero-order valence-electron chi connectivity index (χ0n) is 16.6. The van der Waals surface area contributed by atoms with Crippen molar-refractivity contribution in [1.29, 1.82) is 0 Å². The largest absolute Gasteiger partial charge is 0.444 e. The molecule has 160 valence electrons. The van der Waals surface area contributed by atoms with Crippen molar-refractivity contribution in [1.82, 2.24) is 9.21 Å². The van der Waals surface area contributed by atoms with E-state index in [0.717, 1.165) is 12.1 Å². The Labute approximate surface area is 169 Å². The second kappa shape index (κ2) is 7.22. The van der Waals surface area contributed by atoms with Crippen LogP contribution in [-0.4, -0.2) is 71.6 Å². The van der Waals surface area contributed by atoms with Gasteiger partial charge < -0.3 is 14.7 Å². The van der Waals surface area contributed by atoms with Gasteiger partial charge in [0, 0.05) is 43.2 Å². The van der Waals surface area contributed by atoms with Crippen molar-refractivity contribution in [2.75, 3.05) is 26.2 Å². The molecule has 1 aromatic rings. The van der Waals surface area contributed by atoms with Crippen molar-refractivity contribution in [3.8, 4) is 0 Å². The first-order valence-electron chi connectivity index (χ1n) is 9.22. The van der Waals surface area contributed by atoms with E-state index in [2.05, 4.69) is 0 Å². The highest BCUT2D eigenvalue weighted by Crippen LogP contribution is 2.45. The minimum Gasteiger partial charge on any atom is -0.444 e. The third-order valence-electron chi connectivity index (χ3n) is 5.14. The molecule has 2 saturated heterocycles. The summed E-state index contributed by atoms with van der Waals surface area (Å²) in [6.45, 7) is 5.84. The van der Waals surface area contributed by atoms with Gasteiger partial charge in [0.1, 0.15) is 5.60 Å². The van der Waals surface area contributed by atoms with Crippen LogP contribution in [-0.2, 0) is 14.8 Å². The molecular weight excluding hydrogens is 402 g/mol. The van der Waals surface area contributed by atoms with Crippen LogP contribution in [0.4, 0.5) is 10.5 Å². The lowest BCUT2D eigenvalue weighted by Crippen LogP contribution is -2.60. The molecule has 0 saturated carbocycles. The molecule has 0 radical (unpaired) electrons. The average Bonchev–Trinajstić information content (AvgIpc) is 3.00. The Kier molecular flexibility index (Phi) is 5.35. The SMILES string of the molecule is CC(C)(C)OC(=O)N1CC2(CC(CO)N(S(=O)(=O)c3ccc([N+](=O)[O-])cc3)C2)C1. The van der Waals surface area contributed by atoms with Crippen molar-refractivity contribution in [2.45, 2.75) is 43.7 Å². The lowest BCUT2D eigenvalue weighted by molar-refractivity contribution is -0.384. The molecule has 0 aromatic heterocycles. The van der Waals surface area contributed by atoms with E-state index in [4.69, 9.17) is 4.74 Å². The predicted molar refractivity (Wildman–Crippen MR) is 103 cm³/mol. The van der Waals surface area contributed by atoms with Gasteiger partial charge in [0.2, 0.25) is 10.0 Å². The number of hydrogen-bond acceptors (Lipinski definition) is 7. The molecule has 1 spiro atoms. The number of benzene rings is 1. The summed E-state index contributed by atoms with van der Waals surface area (Å²) >= 11 is 0. The van der Waals surface area contributed by atoms with Gasteiger partial charge in [-0.2, -0.15) is 4.31 Å². The summed E-state index contributed by atoms with van der Waals surface area (Å²) < 4.78 is 32.7. The van der Waals surface area contributed by atoms with Gasteiger partial charge in [-0.3, -0.25) is 10.1 Å². The second-order valence-electron chi connectivity index (χ2n) is 8.68. The molecule has 0 bridgehead atoms. The average molecular weight is 427 g/mol. The number of sulfonamides is 1. The van der Waals surface area contributed by atoms with E-state index in [1.165, 1.54) is 21.3 Å². The van der Waals surface area contributed by atoms with Gasteiger partial charge in [-0.15, -0.1) is 0 Å². The first kappa shape index (κ1) is 21.5. The lowest BCUT2D eigenvalue weighted by Gasteiger charge is -2.47. The first-order valence-corrected chi connectivity index (χ1v) is 10.7. The monoisotopic (exact) mass is 427 g/mol. The number of amides is 1. The number of nitro groups is 1. The molecule has 2 aliphatic heterocycles. The molecule has 0 aliphatic carbocycles. The maximum atomic E-state index is 13.1. The molecule has 2 fully saturated rings. The molecule has 1 unspecified atom stereocenters. The van der Waals surface area contributed by atoms with Crippen molar-refractivity contribution in [3.05, 3.63) is 34.4 Å². The summed E-state index contributed by atoms with van der Waals surface area (Å²) in [6, 6.07) is 4.05. The molecule has 11 heteroatoms. The number of aliphatic hydroxyl groups is 1. The number of rotatable bonds is 4. The van der Waals surface area contributed by atoms with Gasteiger partial charge in [-0.25, -0.2) is 13.2 Å². The number of aliphatic hydroxyl groups excluding tert-OH is 1. The Morgan fingerprint density at radius 3 is 2.34 bits per heavy atom. The third kappa shape index (κ3) is 4.21. The second-order valence-corrected chi connectivity index (χ2v) is 10.6. The Morgan fingerprint density at radius 1 is 1.28 bits per heavy atom. The Hall–Kier alpha value is -2.24. The molecule has 2 heterocycles. The van der Waals surface area contributed by atoms with Gasteiger partial charge >= 0.3 is 6.09 Å². The highest BCUT2D eigenvalue weighted by atomic mass is 32.2. The maximum Gasteiger partial charge on any atom is 0.410 e. The summed E-state index contributed by atoms with van der Waals surface area (Å²) in [4.78, 5) is 23.8. The highest BCUT2D eigenvalue weighted by Gasteiger charge is 2.56. The highest BCUT2D eigenvalue weighted by molar-refractivity contribution is 7.89. The van der Waals surface area contributed by atoms with E-state index >= 15 is 0 Å². The number of nitro benzene ring substituents is 1. The van der Waals surface area contributed by atoms with Crippen molar-refractivity contribution < 1.29 is 28.0 Å². The smallest absolute Gasteiger partial charge is 0.410 e. The zero-order chi connectivity index (χ0) is 21.6. The number of likely N-dealkylation sites (tertiary alicyclic amines) is 1. The summed E-state index contributed by atoms with van der Waals surface area (Å²) in [6.07, 6.45) is -0.0185. The predicted octanol–water partition coefficient (Wildman–Crippen LogP) is 1.59. The van der Waals surface area contributed by atoms with Gasteiger partial charge in [-0.1, -0.05) is 0 Å². The molecule has 10 nitrogen and oxygen atoms in total. The van der Waals surface area contributed by atoms with Crippen LogP contribution in [0.5, 0.6) is 0 Å². The standard InChI is InChI=1S/C18H25N3O7S/c1-17(2,3)28-16(23)19-10-18(11-19)8-14(9-22)20(12-18)29(26,27)15-6-4-13(5-7-15)21(24)25/h4-7,14,22H,8-12H2,1-3H3. The van der Waals surface area contributed by atoms with Crippen LogP contribution in [0.25, 0.3) is 0 Å². The zero-order valence-corrected chi connectivity index (χ0v) is 17.4. The van der Waals surface area contributed by atoms with Gasteiger partial charge in [0.05, 0.1) is 16.4 Å². The fraction of sp³-hybridized carbons (Fsp3) is 0.611. The number of non-ortho nitro benzene ring substituents is 1. The van der Waals surface area contributed by atoms with Gasteiger partial charge in [0.15, 0.2) is 0 Å². The van der Waals surface area contributed by atoms with Crippen molar-refractivity contribution in [3.63, 3.8) is 0 Å². The van der Waals surface area contributed by atoms with Crippen LogP contribution in [0.15, 0.2) is 29.2 Å². The van der Waals surface area contributed by atoms with Gasteiger partial charge in [0.25, 0.3) is 5.69 Å². The summed E-state index contributed by atoms with van der Waals surface area (Å²) in [5, 5.41) is 20.5. The molecule has 1 aromatic carbocycles. The molecule has 1 amide bonds. The molecule has 3 rings (SSSR count). The van der Waals surface area contributed by atoms with E-state index in [9.17, 15) is 28.4 Å². The fourth-order valence-electron chi connectivity index (χ4n) is 3.89. The van der Waals surface area contributed by atoms with E-state index in [1.54, 1.807) is 20.8 Å². The molecule has 29 heavy (non-hydrogen) atoms. The molecule has 1 N–H and O–H groups in total. The Bertz CT molecular complexity index is 902. The Morgan fingerprint density at radius 2 is 1.86 bits per heavy atom. The number of carbonyl (C=O) groups is 1. The normalized spacial score (nSPS) is 21.8.